The van der Waals surface area contributed by atoms with Gasteiger partial charge < -0.3 is 0 Å². The summed E-state index contributed by atoms with van der Waals surface area (Å²) in [6, 6.07) is 11.0. The normalized spacial score (nSPS) is 29.4. The van der Waals surface area contributed by atoms with Crippen LogP contribution in [0.4, 0.5) is 0 Å². The molecule has 0 unspecified atom stereocenters. The summed E-state index contributed by atoms with van der Waals surface area (Å²) in [5.74, 6) is 1.87. The molecule has 0 radical (unpaired) electrons. The van der Waals surface area contributed by atoms with Crippen molar-refractivity contribution in [1.82, 2.24) is 0 Å². The summed E-state index contributed by atoms with van der Waals surface area (Å²) < 4.78 is 1.54. The molecule has 17 heavy (non-hydrogen) atoms. The Hall–Kier alpha value is -0.521. The monoisotopic (exact) mass is 292 g/mol. The summed E-state index contributed by atoms with van der Waals surface area (Å²) in [6.07, 6.45) is 5.35. The van der Waals surface area contributed by atoms with Gasteiger partial charge in [0.05, 0.1) is 0 Å². The third kappa shape index (κ3) is 2.00. The predicted octanol–water partition coefficient (Wildman–Crippen LogP) is 3.43. The molecule has 0 saturated heterocycles. The van der Waals surface area contributed by atoms with Crippen molar-refractivity contribution in [2.75, 3.05) is 0 Å². The zero-order valence-electron chi connectivity index (χ0n) is 10.6. The molecule has 3 aliphatic carbocycles. The second-order valence-electron chi connectivity index (χ2n) is 5.92. The fourth-order valence-corrected chi connectivity index (χ4v) is 5.43. The van der Waals surface area contributed by atoms with Gasteiger partial charge in [0.15, 0.2) is 0 Å². The molecule has 1 saturated carbocycles. The minimum absolute atomic E-state index is 0.594. The van der Waals surface area contributed by atoms with Crippen molar-refractivity contribution >= 4 is 19.4 Å². The van der Waals surface area contributed by atoms with E-state index >= 15 is 0 Å². The molecular formula is C16H20Se. The number of fused-ring (bicyclic) bond motifs is 1. The average Bonchev–Trinajstić information content (AvgIpc) is 2.37. The first-order chi connectivity index (χ1) is 8.18. The van der Waals surface area contributed by atoms with Crippen molar-refractivity contribution in [3.8, 4) is 0 Å². The van der Waals surface area contributed by atoms with E-state index in [2.05, 4.69) is 50.3 Å². The van der Waals surface area contributed by atoms with Gasteiger partial charge >= 0.3 is 111 Å². The van der Waals surface area contributed by atoms with Crippen LogP contribution in [0.15, 0.2) is 42.0 Å². The van der Waals surface area contributed by atoms with E-state index < -0.39 is 0 Å². The number of hydrogen-bond acceptors (Lipinski definition) is 0. The summed E-state index contributed by atoms with van der Waals surface area (Å²) in [7, 11) is 0. The van der Waals surface area contributed by atoms with Crippen LogP contribution in [0.3, 0.4) is 0 Å². The van der Waals surface area contributed by atoms with Crippen LogP contribution in [0.2, 0.25) is 5.32 Å². The van der Waals surface area contributed by atoms with Crippen molar-refractivity contribution in [2.24, 2.45) is 17.3 Å². The third-order valence-electron chi connectivity index (χ3n) is 4.73. The minimum atomic E-state index is 0.594. The van der Waals surface area contributed by atoms with E-state index in [4.69, 9.17) is 0 Å². The first-order valence-corrected chi connectivity index (χ1v) is 8.61. The molecule has 1 aromatic carbocycles. The Kier molecular flexibility index (Phi) is 2.92. The van der Waals surface area contributed by atoms with E-state index in [1.54, 1.807) is 10.0 Å². The molecule has 0 nitrogen and oxygen atoms in total. The number of rotatable bonds is 3. The van der Waals surface area contributed by atoms with Crippen LogP contribution >= 0.6 is 0 Å². The van der Waals surface area contributed by atoms with Crippen molar-refractivity contribution in [3.05, 3.63) is 42.0 Å². The van der Waals surface area contributed by atoms with Crippen LogP contribution in [-0.4, -0.2) is 15.0 Å². The second-order valence-corrected chi connectivity index (χ2v) is 8.12. The Morgan fingerprint density at radius 3 is 2.65 bits per heavy atom. The summed E-state index contributed by atoms with van der Waals surface area (Å²) >= 11 is 0.631. The molecule has 0 heterocycles. The van der Waals surface area contributed by atoms with Crippen LogP contribution in [-0.2, 0) is 0 Å². The molecule has 4 rings (SSSR count). The van der Waals surface area contributed by atoms with Gasteiger partial charge in [0.1, 0.15) is 0 Å². The first-order valence-electron chi connectivity index (χ1n) is 6.54. The van der Waals surface area contributed by atoms with E-state index in [9.17, 15) is 0 Å². The summed E-state index contributed by atoms with van der Waals surface area (Å²) in [4.78, 5) is 0. The molecule has 0 N–H and O–H groups in total. The molecule has 0 amide bonds. The third-order valence-corrected chi connectivity index (χ3v) is 7.00. The molecular weight excluding hydrogens is 271 g/mol. The molecule has 2 bridgehead atoms. The topological polar surface area (TPSA) is 0 Å². The van der Waals surface area contributed by atoms with Crippen molar-refractivity contribution in [1.29, 1.82) is 0 Å². The molecule has 90 valence electrons. The Morgan fingerprint density at radius 2 is 2.00 bits per heavy atom. The zero-order valence-corrected chi connectivity index (χ0v) is 12.4. The first kappa shape index (κ1) is 11.6. The zero-order chi connectivity index (χ0) is 11.9. The Balaban J connectivity index is 1.65. The van der Waals surface area contributed by atoms with Gasteiger partial charge in [-0.3, -0.25) is 0 Å². The van der Waals surface area contributed by atoms with Crippen LogP contribution in [0.5, 0.6) is 0 Å². The van der Waals surface area contributed by atoms with Gasteiger partial charge in [-0.25, -0.2) is 0 Å². The number of benzene rings is 1. The van der Waals surface area contributed by atoms with Gasteiger partial charge in [0.2, 0.25) is 0 Å². The number of hydrogen-bond donors (Lipinski definition) is 0. The van der Waals surface area contributed by atoms with Gasteiger partial charge in [0, 0.05) is 0 Å². The van der Waals surface area contributed by atoms with Crippen molar-refractivity contribution in [2.45, 2.75) is 32.0 Å². The maximum atomic E-state index is 2.55. The molecule has 1 aromatic rings. The van der Waals surface area contributed by atoms with Crippen molar-refractivity contribution < 1.29 is 0 Å². The standard InChI is InChI=1S/C16H20Se/c1-16(2)13-9-8-12(15(16)10-13)11-17-14-6-4-3-5-7-14/h3-8,13,15H,9-11H2,1-2H3/t13-,15-/m0/s1. The van der Waals surface area contributed by atoms with Crippen LogP contribution in [0.1, 0.15) is 26.7 Å². The summed E-state index contributed by atoms with van der Waals surface area (Å²) in [5.41, 5.74) is 2.36. The van der Waals surface area contributed by atoms with Crippen molar-refractivity contribution in [3.63, 3.8) is 0 Å². The van der Waals surface area contributed by atoms with Crippen LogP contribution in [0.25, 0.3) is 0 Å². The molecule has 0 spiro atoms. The van der Waals surface area contributed by atoms with Crippen LogP contribution in [0, 0.1) is 17.3 Å². The molecule has 0 aliphatic heterocycles. The van der Waals surface area contributed by atoms with Gasteiger partial charge in [-0.05, 0) is 0 Å². The van der Waals surface area contributed by atoms with Crippen LogP contribution < -0.4 is 4.46 Å². The van der Waals surface area contributed by atoms with E-state index in [0.29, 0.717) is 20.4 Å². The molecule has 2 atom stereocenters. The van der Waals surface area contributed by atoms with E-state index in [1.165, 1.54) is 18.2 Å². The fraction of sp³-hybridized carbons (Fsp3) is 0.500. The SMILES string of the molecule is CC1(C)[C@H]2CC=C(C[Se]c3ccccc3)[C@@H]1C2. The summed E-state index contributed by atoms with van der Waals surface area (Å²) in [6.45, 7) is 4.93. The Morgan fingerprint density at radius 1 is 1.24 bits per heavy atom. The average molecular weight is 291 g/mol. The number of allylic oxidation sites excluding steroid dienone is 2. The van der Waals surface area contributed by atoms with Gasteiger partial charge in [-0.2, -0.15) is 0 Å². The Bertz CT molecular complexity index is 430. The second kappa shape index (κ2) is 4.30. The molecule has 1 heteroatoms. The van der Waals surface area contributed by atoms with E-state index in [-0.39, 0.29) is 0 Å². The quantitative estimate of drug-likeness (QED) is 0.591. The summed E-state index contributed by atoms with van der Waals surface area (Å²) in [5, 5.41) is 1.33. The van der Waals surface area contributed by atoms with E-state index in [1.807, 2.05) is 0 Å². The van der Waals surface area contributed by atoms with Gasteiger partial charge in [-0.1, -0.05) is 0 Å². The Labute approximate surface area is 111 Å². The predicted molar refractivity (Wildman–Crippen MR) is 74.7 cm³/mol. The maximum absolute atomic E-state index is 2.55. The van der Waals surface area contributed by atoms with Gasteiger partial charge in [-0.15, -0.1) is 0 Å². The molecule has 0 aromatic heterocycles. The molecule has 3 aliphatic rings. The van der Waals surface area contributed by atoms with E-state index in [0.717, 1.165) is 11.8 Å². The fourth-order valence-electron chi connectivity index (χ4n) is 3.32. The molecule has 1 fully saturated rings. The van der Waals surface area contributed by atoms with Gasteiger partial charge in [0.25, 0.3) is 0 Å².